The molecule has 1 unspecified atom stereocenters. The van der Waals surface area contributed by atoms with Gasteiger partial charge in [0.15, 0.2) is 0 Å². The van der Waals surface area contributed by atoms with Gasteiger partial charge in [0.05, 0.1) is 23.0 Å². The van der Waals surface area contributed by atoms with Gasteiger partial charge in [0.25, 0.3) is 5.91 Å². The minimum Gasteiger partial charge on any atom is -0.445 e. The summed E-state index contributed by atoms with van der Waals surface area (Å²) in [4.78, 5) is 21.4. The number of oxazole rings is 1. The van der Waals surface area contributed by atoms with Crippen molar-refractivity contribution in [2.45, 2.75) is 56.3 Å². The molecule has 1 aromatic heterocycles. The van der Waals surface area contributed by atoms with Crippen LogP contribution in [-0.4, -0.2) is 46.6 Å². The van der Waals surface area contributed by atoms with Gasteiger partial charge in [0.1, 0.15) is 23.7 Å². The summed E-state index contributed by atoms with van der Waals surface area (Å²) in [7, 11) is 0. The van der Waals surface area contributed by atoms with Crippen LogP contribution in [0.2, 0.25) is 0 Å². The van der Waals surface area contributed by atoms with Gasteiger partial charge in [-0.05, 0) is 68.4 Å². The number of hydrogen-bond donors (Lipinski definition) is 1. The van der Waals surface area contributed by atoms with Gasteiger partial charge in [-0.25, -0.2) is 18.2 Å². The number of carbonyl (C=O) groups is 1. The summed E-state index contributed by atoms with van der Waals surface area (Å²) in [6.07, 6.45) is 3.48. The maximum atomic E-state index is 15.1. The van der Waals surface area contributed by atoms with Crippen LogP contribution in [0.5, 0.6) is 0 Å². The number of aliphatic hydroxyl groups is 1. The van der Waals surface area contributed by atoms with Crippen molar-refractivity contribution in [3.05, 3.63) is 70.9 Å². The number of hydrogen-bond acceptors (Lipinski definition) is 5. The Morgan fingerprint density at radius 1 is 0.953 bits per heavy atom. The SMILES string of the molecule is O=C1N(CC2CC(N(CC3CC3)CC3CC3)C2)c2cc(-c3ncco3)cc(C(F)(F)F)c2C1(O)c1c(F)cc(F)cc1F. The van der Waals surface area contributed by atoms with Gasteiger partial charge in [-0.3, -0.25) is 9.69 Å². The number of halogens is 6. The third-order valence-corrected chi connectivity index (χ3v) is 9.23. The Kier molecular flexibility index (Phi) is 6.66. The molecule has 0 bridgehead atoms. The molecule has 1 amide bonds. The zero-order valence-corrected chi connectivity index (χ0v) is 23.0. The van der Waals surface area contributed by atoms with Crippen molar-refractivity contribution in [3.8, 4) is 11.5 Å². The van der Waals surface area contributed by atoms with Crippen LogP contribution in [0.3, 0.4) is 0 Å². The third kappa shape index (κ3) is 5.02. The first kappa shape index (κ1) is 28.4. The minimum absolute atomic E-state index is 0.0674. The summed E-state index contributed by atoms with van der Waals surface area (Å²) in [5.74, 6) is -4.94. The Bertz CT molecular complexity index is 1530. The monoisotopic (exact) mass is 605 g/mol. The van der Waals surface area contributed by atoms with E-state index < -0.39 is 51.8 Å². The number of amides is 1. The van der Waals surface area contributed by atoms with Crippen LogP contribution in [-0.2, 0) is 16.6 Å². The Hall–Kier alpha value is -3.38. The second kappa shape index (κ2) is 10.1. The molecular weight excluding hydrogens is 576 g/mol. The predicted molar refractivity (Wildman–Crippen MR) is 142 cm³/mol. The Morgan fingerprint density at radius 3 is 2.12 bits per heavy atom. The molecule has 6 nitrogen and oxygen atoms in total. The van der Waals surface area contributed by atoms with Crippen molar-refractivity contribution in [2.24, 2.45) is 17.8 Å². The first-order valence-electron chi connectivity index (χ1n) is 14.5. The summed E-state index contributed by atoms with van der Waals surface area (Å²) >= 11 is 0. The molecule has 43 heavy (non-hydrogen) atoms. The number of benzene rings is 2. The van der Waals surface area contributed by atoms with Gasteiger partial charge < -0.3 is 14.4 Å². The second-order valence-electron chi connectivity index (χ2n) is 12.5. The van der Waals surface area contributed by atoms with Crippen LogP contribution in [0.4, 0.5) is 32.0 Å². The number of anilines is 1. The van der Waals surface area contributed by atoms with E-state index in [0.29, 0.717) is 30.7 Å². The zero-order valence-electron chi connectivity index (χ0n) is 23.0. The molecule has 7 rings (SSSR count). The number of rotatable bonds is 9. The largest absolute Gasteiger partial charge is 0.445 e. The van der Waals surface area contributed by atoms with Crippen molar-refractivity contribution >= 4 is 11.6 Å². The fourth-order valence-electron chi connectivity index (χ4n) is 6.69. The van der Waals surface area contributed by atoms with Gasteiger partial charge in [0.2, 0.25) is 11.5 Å². The maximum Gasteiger partial charge on any atom is 0.416 e. The molecule has 1 N–H and O–H groups in total. The molecule has 3 aliphatic carbocycles. The number of fused-ring (bicyclic) bond motifs is 1. The molecule has 4 aliphatic rings. The first-order valence-corrected chi connectivity index (χ1v) is 14.5. The lowest BCUT2D eigenvalue weighted by molar-refractivity contribution is -0.142. The molecular formula is C31H29F6N3O3. The molecule has 1 aliphatic heterocycles. The summed E-state index contributed by atoms with van der Waals surface area (Å²) in [5.41, 5.74) is -7.73. The van der Waals surface area contributed by atoms with Gasteiger partial charge in [-0.2, -0.15) is 13.2 Å². The molecule has 2 heterocycles. The molecule has 0 saturated heterocycles. The van der Waals surface area contributed by atoms with Crippen LogP contribution in [0.1, 0.15) is 55.2 Å². The highest BCUT2D eigenvalue weighted by Crippen LogP contribution is 2.53. The Morgan fingerprint density at radius 2 is 1.58 bits per heavy atom. The van der Waals surface area contributed by atoms with Crippen LogP contribution >= 0.6 is 0 Å². The van der Waals surface area contributed by atoms with Gasteiger partial charge in [0, 0.05) is 48.9 Å². The molecule has 3 aromatic rings. The van der Waals surface area contributed by atoms with E-state index in [4.69, 9.17) is 4.42 Å². The normalized spacial score (nSPS) is 25.4. The lowest BCUT2D eigenvalue weighted by Crippen LogP contribution is -2.51. The average molecular weight is 606 g/mol. The molecule has 0 radical (unpaired) electrons. The van der Waals surface area contributed by atoms with Crippen molar-refractivity contribution < 1.29 is 40.7 Å². The smallest absolute Gasteiger partial charge is 0.416 e. The predicted octanol–water partition coefficient (Wildman–Crippen LogP) is 6.26. The van der Waals surface area contributed by atoms with Crippen molar-refractivity contribution in [2.75, 3.05) is 24.5 Å². The molecule has 12 heteroatoms. The summed E-state index contributed by atoms with van der Waals surface area (Å²) in [6.45, 7) is 1.95. The standard InChI is InChI=1S/C31H29F6N3O3/c32-20-11-23(33)27(24(34)12-20)30(42)26-22(31(35,36)37)9-19(28-38-5-6-43-28)10-25(26)40(29(30)41)15-18-7-21(8-18)39(13-16-1-2-16)14-17-3-4-17/h5-6,9-12,16-18,21,42H,1-4,7-8,13-15H2. The number of aromatic nitrogens is 1. The highest BCUT2D eigenvalue weighted by molar-refractivity contribution is 6.10. The number of alkyl halides is 3. The van der Waals surface area contributed by atoms with Gasteiger partial charge in [-0.1, -0.05) is 0 Å². The number of nitrogens with zero attached hydrogens (tertiary/aromatic N) is 3. The lowest BCUT2D eigenvalue weighted by Gasteiger charge is -2.44. The van der Waals surface area contributed by atoms with E-state index in [1.165, 1.54) is 44.2 Å². The molecule has 0 spiro atoms. The molecule has 3 fully saturated rings. The van der Waals surface area contributed by atoms with E-state index in [1.807, 2.05) is 0 Å². The molecule has 3 saturated carbocycles. The summed E-state index contributed by atoms with van der Waals surface area (Å²) in [5, 5.41) is 11.8. The van der Waals surface area contributed by atoms with Crippen LogP contribution < -0.4 is 4.90 Å². The van der Waals surface area contributed by atoms with Crippen molar-refractivity contribution in [1.82, 2.24) is 9.88 Å². The van der Waals surface area contributed by atoms with E-state index in [-0.39, 0.29) is 47.8 Å². The fourth-order valence-corrected chi connectivity index (χ4v) is 6.69. The average Bonchev–Trinajstić information content (AvgIpc) is 3.83. The van der Waals surface area contributed by atoms with Gasteiger partial charge >= 0.3 is 6.18 Å². The molecule has 1 atom stereocenters. The van der Waals surface area contributed by atoms with Crippen LogP contribution in [0.15, 0.2) is 41.1 Å². The Balaban J connectivity index is 1.28. The highest BCUT2D eigenvalue weighted by atomic mass is 19.4. The van der Waals surface area contributed by atoms with E-state index in [1.54, 1.807) is 0 Å². The van der Waals surface area contributed by atoms with E-state index in [2.05, 4.69) is 9.88 Å². The number of carbonyl (C=O) groups excluding carboxylic acids is 1. The highest BCUT2D eigenvalue weighted by Gasteiger charge is 2.58. The third-order valence-electron chi connectivity index (χ3n) is 9.23. The quantitative estimate of drug-likeness (QED) is 0.292. The van der Waals surface area contributed by atoms with E-state index in [9.17, 15) is 27.5 Å². The lowest BCUT2D eigenvalue weighted by atomic mass is 9.78. The van der Waals surface area contributed by atoms with Crippen molar-refractivity contribution in [1.29, 1.82) is 0 Å². The van der Waals surface area contributed by atoms with E-state index >= 15 is 8.78 Å². The summed E-state index contributed by atoms with van der Waals surface area (Å²) in [6, 6.07) is 2.56. The first-order chi connectivity index (χ1) is 20.4. The minimum atomic E-state index is -5.16. The van der Waals surface area contributed by atoms with Crippen LogP contribution in [0, 0.1) is 35.2 Å². The zero-order chi connectivity index (χ0) is 30.3. The molecule has 2 aromatic carbocycles. The second-order valence-corrected chi connectivity index (χ2v) is 12.5. The summed E-state index contributed by atoms with van der Waals surface area (Å²) < 4.78 is 93.0. The van der Waals surface area contributed by atoms with Crippen molar-refractivity contribution in [3.63, 3.8) is 0 Å². The fraction of sp³-hybridized carbons (Fsp3) is 0.484. The van der Waals surface area contributed by atoms with E-state index in [0.717, 1.165) is 18.0 Å². The topological polar surface area (TPSA) is 69.8 Å². The maximum absolute atomic E-state index is 15.1. The molecule has 228 valence electrons. The van der Waals surface area contributed by atoms with Gasteiger partial charge in [-0.15, -0.1) is 0 Å². The Labute approximate surface area is 243 Å². The van der Waals surface area contributed by atoms with Crippen LogP contribution in [0.25, 0.3) is 11.5 Å².